The molecule has 1 N–H and O–H groups in total. The quantitative estimate of drug-likeness (QED) is 0.706. The molecule has 24 heavy (non-hydrogen) atoms. The van der Waals surface area contributed by atoms with E-state index in [1.54, 1.807) is 31.3 Å². The number of hydrogen-bond donors (Lipinski definition) is 1. The molecule has 0 radical (unpaired) electrons. The SMILES string of the molecule is CNC(=O)COc1cccc(OCCCOc2ccc(Cl)cc2)c1. The number of carbonyl (C=O) groups excluding carboxylic acids is 1. The minimum absolute atomic E-state index is 0.0190. The summed E-state index contributed by atoms with van der Waals surface area (Å²) in [4.78, 5) is 11.2. The van der Waals surface area contributed by atoms with E-state index in [-0.39, 0.29) is 12.5 Å². The molecule has 0 spiro atoms. The second-order valence-corrected chi connectivity index (χ2v) is 5.38. The maximum absolute atomic E-state index is 11.2. The van der Waals surface area contributed by atoms with Gasteiger partial charge in [-0.05, 0) is 36.4 Å². The van der Waals surface area contributed by atoms with Gasteiger partial charge < -0.3 is 19.5 Å². The summed E-state index contributed by atoms with van der Waals surface area (Å²) in [5.74, 6) is 1.88. The van der Waals surface area contributed by atoms with Crippen molar-refractivity contribution in [3.63, 3.8) is 0 Å². The topological polar surface area (TPSA) is 56.8 Å². The lowest BCUT2D eigenvalue weighted by atomic mass is 10.3. The van der Waals surface area contributed by atoms with Crippen molar-refractivity contribution < 1.29 is 19.0 Å². The van der Waals surface area contributed by atoms with E-state index < -0.39 is 0 Å². The summed E-state index contributed by atoms with van der Waals surface area (Å²) >= 11 is 5.82. The highest BCUT2D eigenvalue weighted by Gasteiger charge is 2.02. The Labute approximate surface area is 146 Å². The van der Waals surface area contributed by atoms with Crippen molar-refractivity contribution in [2.75, 3.05) is 26.9 Å². The van der Waals surface area contributed by atoms with Crippen molar-refractivity contribution in [1.82, 2.24) is 5.32 Å². The van der Waals surface area contributed by atoms with Crippen LogP contribution in [0.3, 0.4) is 0 Å². The third-order valence-corrected chi connectivity index (χ3v) is 3.35. The number of amides is 1. The zero-order chi connectivity index (χ0) is 17.2. The molecule has 1 amide bonds. The summed E-state index contributed by atoms with van der Waals surface area (Å²) in [5, 5.41) is 3.18. The molecule has 0 bridgehead atoms. The molecule has 0 heterocycles. The van der Waals surface area contributed by atoms with Gasteiger partial charge in [-0.15, -0.1) is 0 Å². The number of likely N-dealkylation sites (N-methyl/N-ethyl adjacent to an activating group) is 1. The third kappa shape index (κ3) is 6.38. The number of ether oxygens (including phenoxy) is 3. The second kappa shape index (κ2) is 9.67. The minimum atomic E-state index is -0.180. The van der Waals surface area contributed by atoms with E-state index in [0.717, 1.165) is 12.2 Å². The van der Waals surface area contributed by atoms with Crippen molar-refractivity contribution in [3.8, 4) is 17.2 Å². The van der Waals surface area contributed by atoms with Gasteiger partial charge in [-0.2, -0.15) is 0 Å². The van der Waals surface area contributed by atoms with Gasteiger partial charge in [0.05, 0.1) is 13.2 Å². The largest absolute Gasteiger partial charge is 0.493 e. The summed E-state index contributed by atoms with van der Waals surface area (Å²) in [5.41, 5.74) is 0. The molecule has 0 aliphatic rings. The van der Waals surface area contributed by atoms with Crippen LogP contribution in [0.25, 0.3) is 0 Å². The van der Waals surface area contributed by atoms with E-state index in [2.05, 4.69) is 5.32 Å². The van der Waals surface area contributed by atoms with Crippen LogP contribution in [0.5, 0.6) is 17.2 Å². The molecule has 0 saturated heterocycles. The van der Waals surface area contributed by atoms with E-state index in [1.165, 1.54) is 0 Å². The zero-order valence-electron chi connectivity index (χ0n) is 13.5. The molecule has 2 rings (SSSR count). The number of carbonyl (C=O) groups is 1. The van der Waals surface area contributed by atoms with Crippen LogP contribution < -0.4 is 19.5 Å². The van der Waals surface area contributed by atoms with Crippen LogP contribution in [0, 0.1) is 0 Å². The Morgan fingerprint density at radius 2 is 1.58 bits per heavy atom. The van der Waals surface area contributed by atoms with Crippen LogP contribution in [0.4, 0.5) is 0 Å². The standard InChI is InChI=1S/C18H20ClNO4/c1-20-18(21)13-24-17-5-2-4-16(12-17)23-11-3-10-22-15-8-6-14(19)7-9-15/h2,4-9,12H,3,10-11,13H2,1H3,(H,20,21). The lowest BCUT2D eigenvalue weighted by Gasteiger charge is -2.10. The van der Waals surface area contributed by atoms with Crippen LogP contribution in [-0.2, 0) is 4.79 Å². The molecule has 0 aliphatic heterocycles. The highest BCUT2D eigenvalue weighted by molar-refractivity contribution is 6.30. The Morgan fingerprint density at radius 1 is 0.958 bits per heavy atom. The van der Waals surface area contributed by atoms with E-state index in [0.29, 0.717) is 29.7 Å². The van der Waals surface area contributed by atoms with Gasteiger partial charge >= 0.3 is 0 Å². The number of benzene rings is 2. The summed E-state index contributed by atoms with van der Waals surface area (Å²) < 4.78 is 16.6. The monoisotopic (exact) mass is 349 g/mol. The molecule has 128 valence electrons. The first kappa shape index (κ1) is 17.9. The molecule has 2 aromatic rings. The average molecular weight is 350 g/mol. The average Bonchev–Trinajstić information content (AvgIpc) is 2.61. The Bertz CT molecular complexity index is 646. The molecule has 0 aliphatic carbocycles. The molecular weight excluding hydrogens is 330 g/mol. The van der Waals surface area contributed by atoms with Gasteiger partial charge in [0.2, 0.25) is 0 Å². The smallest absolute Gasteiger partial charge is 0.257 e. The first-order chi connectivity index (χ1) is 11.7. The number of hydrogen-bond acceptors (Lipinski definition) is 4. The third-order valence-electron chi connectivity index (χ3n) is 3.09. The van der Waals surface area contributed by atoms with Gasteiger partial charge in [0, 0.05) is 24.6 Å². The summed E-state index contributed by atoms with van der Waals surface area (Å²) in [6, 6.07) is 14.4. The summed E-state index contributed by atoms with van der Waals surface area (Å²) in [6.07, 6.45) is 0.742. The Balaban J connectivity index is 1.68. The van der Waals surface area contributed by atoms with Gasteiger partial charge in [-0.3, -0.25) is 4.79 Å². The highest BCUT2D eigenvalue weighted by atomic mass is 35.5. The molecule has 6 heteroatoms. The van der Waals surface area contributed by atoms with Gasteiger partial charge in [0.25, 0.3) is 5.91 Å². The maximum atomic E-state index is 11.2. The minimum Gasteiger partial charge on any atom is -0.493 e. The van der Waals surface area contributed by atoms with Gasteiger partial charge in [-0.25, -0.2) is 0 Å². The van der Waals surface area contributed by atoms with Crippen molar-refractivity contribution in [1.29, 1.82) is 0 Å². The molecular formula is C18H20ClNO4. The molecule has 0 aromatic heterocycles. The lowest BCUT2D eigenvalue weighted by Crippen LogP contribution is -2.24. The fourth-order valence-corrected chi connectivity index (χ4v) is 1.97. The van der Waals surface area contributed by atoms with Crippen LogP contribution >= 0.6 is 11.6 Å². The zero-order valence-corrected chi connectivity index (χ0v) is 14.2. The van der Waals surface area contributed by atoms with Crippen LogP contribution in [0.15, 0.2) is 48.5 Å². The number of nitrogens with one attached hydrogen (secondary N) is 1. The van der Waals surface area contributed by atoms with Crippen LogP contribution in [-0.4, -0.2) is 32.8 Å². The fourth-order valence-electron chi connectivity index (χ4n) is 1.84. The van der Waals surface area contributed by atoms with Crippen molar-refractivity contribution in [3.05, 3.63) is 53.6 Å². The maximum Gasteiger partial charge on any atom is 0.257 e. The summed E-state index contributed by atoms with van der Waals surface area (Å²) in [7, 11) is 1.57. The van der Waals surface area contributed by atoms with Gasteiger partial charge in [0.1, 0.15) is 17.2 Å². The Morgan fingerprint density at radius 3 is 2.25 bits per heavy atom. The van der Waals surface area contributed by atoms with Crippen molar-refractivity contribution >= 4 is 17.5 Å². The lowest BCUT2D eigenvalue weighted by molar-refractivity contribution is -0.122. The van der Waals surface area contributed by atoms with Gasteiger partial charge in [0.15, 0.2) is 6.61 Å². The molecule has 0 atom stereocenters. The van der Waals surface area contributed by atoms with E-state index in [4.69, 9.17) is 25.8 Å². The Kier molecular flexibility index (Phi) is 7.23. The van der Waals surface area contributed by atoms with Crippen molar-refractivity contribution in [2.45, 2.75) is 6.42 Å². The summed E-state index contributed by atoms with van der Waals surface area (Å²) in [6.45, 7) is 1.05. The second-order valence-electron chi connectivity index (χ2n) is 4.94. The molecule has 5 nitrogen and oxygen atoms in total. The molecule has 0 saturated carbocycles. The Hall–Kier alpha value is -2.40. The van der Waals surface area contributed by atoms with Crippen LogP contribution in [0.1, 0.15) is 6.42 Å². The molecule has 0 unspecified atom stereocenters. The van der Waals surface area contributed by atoms with Crippen LogP contribution in [0.2, 0.25) is 5.02 Å². The predicted octanol–water partition coefficient (Wildman–Crippen LogP) is 3.31. The first-order valence-electron chi connectivity index (χ1n) is 7.62. The van der Waals surface area contributed by atoms with Gasteiger partial charge in [-0.1, -0.05) is 17.7 Å². The van der Waals surface area contributed by atoms with E-state index in [9.17, 15) is 4.79 Å². The normalized spacial score (nSPS) is 10.1. The molecule has 2 aromatic carbocycles. The number of halogens is 1. The number of rotatable bonds is 9. The van der Waals surface area contributed by atoms with E-state index >= 15 is 0 Å². The molecule has 0 fully saturated rings. The first-order valence-corrected chi connectivity index (χ1v) is 8.00. The van der Waals surface area contributed by atoms with Crippen molar-refractivity contribution in [2.24, 2.45) is 0 Å². The highest BCUT2D eigenvalue weighted by Crippen LogP contribution is 2.20. The predicted molar refractivity (Wildman–Crippen MR) is 93.1 cm³/mol. The fraction of sp³-hybridized carbons (Fsp3) is 0.278. The van der Waals surface area contributed by atoms with E-state index in [1.807, 2.05) is 24.3 Å².